The van der Waals surface area contributed by atoms with Gasteiger partial charge in [-0.1, -0.05) is 29.8 Å². The Morgan fingerprint density at radius 1 is 1.00 bits per heavy atom. The van der Waals surface area contributed by atoms with Crippen LogP contribution in [0.5, 0.6) is 5.75 Å². The van der Waals surface area contributed by atoms with Gasteiger partial charge in [0.05, 0.1) is 17.9 Å². The second-order valence-electron chi connectivity index (χ2n) is 11.6. The zero-order valence-corrected chi connectivity index (χ0v) is 24.3. The van der Waals surface area contributed by atoms with E-state index in [1.54, 1.807) is 43.0 Å². The molecule has 1 fully saturated rings. The number of hydrogen-bond donors (Lipinski definition) is 1. The Labute approximate surface area is 245 Å². The number of halogens is 1. The molecule has 3 aromatic carbocycles. The van der Waals surface area contributed by atoms with E-state index in [-0.39, 0.29) is 36.4 Å². The van der Waals surface area contributed by atoms with Crippen molar-refractivity contribution in [2.45, 2.75) is 64.5 Å². The average molecular weight is 575 g/mol. The molecule has 2 aliphatic rings. The number of aliphatic carboxylic acids is 1. The minimum absolute atomic E-state index is 0.0498. The van der Waals surface area contributed by atoms with Crippen molar-refractivity contribution in [2.24, 2.45) is 5.41 Å². The van der Waals surface area contributed by atoms with Crippen LogP contribution in [-0.2, 0) is 9.59 Å². The number of rotatable bonds is 9. The number of benzene rings is 3. The van der Waals surface area contributed by atoms with E-state index in [1.807, 2.05) is 60.4 Å². The molecule has 0 saturated heterocycles. The SMILES string of the molecule is C[C@H]1C[C@H](C(=O)N(c2ccc(Cl)cc2)C2CC2)c2ccccc2N1C(=O)c1ccc(OCCC(C)(C)C(=O)O)cc1. The topological polar surface area (TPSA) is 87.2 Å². The molecule has 214 valence electrons. The van der Waals surface area contributed by atoms with Crippen molar-refractivity contribution >= 4 is 40.8 Å². The van der Waals surface area contributed by atoms with Gasteiger partial charge in [0.15, 0.2) is 0 Å². The van der Waals surface area contributed by atoms with Gasteiger partial charge in [0.1, 0.15) is 5.75 Å². The van der Waals surface area contributed by atoms with Gasteiger partial charge >= 0.3 is 5.97 Å². The summed E-state index contributed by atoms with van der Waals surface area (Å²) in [5, 5.41) is 9.92. The number of carboxylic acids is 1. The van der Waals surface area contributed by atoms with Crippen LogP contribution in [0.1, 0.15) is 68.3 Å². The zero-order valence-electron chi connectivity index (χ0n) is 23.5. The highest BCUT2D eigenvalue weighted by atomic mass is 35.5. The maximum absolute atomic E-state index is 14.1. The normalized spacial score (nSPS) is 18.4. The molecular weight excluding hydrogens is 540 g/mol. The van der Waals surface area contributed by atoms with Gasteiger partial charge in [-0.3, -0.25) is 14.4 Å². The van der Waals surface area contributed by atoms with Crippen LogP contribution in [0.15, 0.2) is 72.8 Å². The van der Waals surface area contributed by atoms with Crippen molar-refractivity contribution in [2.75, 3.05) is 16.4 Å². The summed E-state index contributed by atoms with van der Waals surface area (Å²) in [5.41, 5.74) is 2.08. The van der Waals surface area contributed by atoms with E-state index in [2.05, 4.69) is 0 Å². The number of carboxylic acid groups (broad SMARTS) is 1. The van der Waals surface area contributed by atoms with Gasteiger partial charge in [0, 0.05) is 34.0 Å². The molecule has 2 atom stereocenters. The Balaban J connectivity index is 1.35. The van der Waals surface area contributed by atoms with Gasteiger partial charge < -0.3 is 19.6 Å². The monoisotopic (exact) mass is 574 g/mol. The van der Waals surface area contributed by atoms with E-state index in [4.69, 9.17) is 16.3 Å². The standard InChI is InChI=1S/C33H35ClN2O5/c1-21-20-28(31(38)36(25-14-15-25)24-12-10-23(34)11-13-24)27-6-4-5-7-29(27)35(21)30(37)22-8-16-26(17-9-22)41-19-18-33(2,3)32(39)40/h4-13,16-17,21,25,28H,14-15,18-20H2,1-3H3,(H,39,40)/t21-,28-/m0/s1. The van der Waals surface area contributed by atoms with E-state index in [9.17, 15) is 19.5 Å². The molecule has 0 unspecified atom stereocenters. The fraction of sp³-hybridized carbons (Fsp3) is 0.364. The minimum Gasteiger partial charge on any atom is -0.494 e. The summed E-state index contributed by atoms with van der Waals surface area (Å²) in [5.74, 6) is -0.762. The zero-order chi connectivity index (χ0) is 29.3. The summed E-state index contributed by atoms with van der Waals surface area (Å²) >= 11 is 6.11. The van der Waals surface area contributed by atoms with Crippen LogP contribution in [0.4, 0.5) is 11.4 Å². The van der Waals surface area contributed by atoms with Gasteiger partial charge in [-0.2, -0.15) is 0 Å². The molecule has 8 heteroatoms. The molecule has 41 heavy (non-hydrogen) atoms. The number of carbonyl (C=O) groups excluding carboxylic acids is 2. The molecule has 0 aromatic heterocycles. The van der Waals surface area contributed by atoms with Crippen molar-refractivity contribution < 1.29 is 24.2 Å². The quantitative estimate of drug-likeness (QED) is 0.299. The number of amides is 2. The smallest absolute Gasteiger partial charge is 0.309 e. The lowest BCUT2D eigenvalue weighted by Gasteiger charge is -2.40. The van der Waals surface area contributed by atoms with Crippen LogP contribution in [0.25, 0.3) is 0 Å². The number of ether oxygens (including phenoxy) is 1. The Hall–Kier alpha value is -3.84. The fourth-order valence-corrected chi connectivity index (χ4v) is 5.47. The summed E-state index contributed by atoms with van der Waals surface area (Å²) in [7, 11) is 0. The number of hydrogen-bond acceptors (Lipinski definition) is 4. The Morgan fingerprint density at radius 2 is 1.66 bits per heavy atom. The molecule has 7 nitrogen and oxygen atoms in total. The molecule has 1 heterocycles. The lowest BCUT2D eigenvalue weighted by Crippen LogP contribution is -2.47. The average Bonchev–Trinajstić information content (AvgIpc) is 3.79. The first kappa shape index (κ1) is 28.7. The number of para-hydroxylation sites is 1. The molecule has 1 saturated carbocycles. The Kier molecular flexibility index (Phi) is 8.09. The summed E-state index contributed by atoms with van der Waals surface area (Å²) in [6, 6.07) is 22.0. The van der Waals surface area contributed by atoms with Crippen LogP contribution >= 0.6 is 11.6 Å². The Bertz CT molecular complexity index is 1430. The molecule has 5 rings (SSSR count). The lowest BCUT2D eigenvalue weighted by atomic mass is 9.84. The largest absolute Gasteiger partial charge is 0.494 e. The lowest BCUT2D eigenvalue weighted by molar-refractivity contribution is -0.147. The molecule has 0 bridgehead atoms. The predicted molar refractivity (Wildman–Crippen MR) is 160 cm³/mol. The van der Waals surface area contributed by atoms with Gasteiger partial charge in [0.25, 0.3) is 5.91 Å². The first-order valence-corrected chi connectivity index (χ1v) is 14.4. The fourth-order valence-electron chi connectivity index (χ4n) is 5.34. The summed E-state index contributed by atoms with van der Waals surface area (Å²) in [6.45, 7) is 5.57. The highest BCUT2D eigenvalue weighted by Gasteiger charge is 2.42. The van der Waals surface area contributed by atoms with Gasteiger partial charge in [-0.05, 0) is 107 Å². The maximum Gasteiger partial charge on any atom is 0.309 e. The first-order valence-electron chi connectivity index (χ1n) is 14.0. The molecule has 1 N–H and O–H groups in total. The Morgan fingerprint density at radius 3 is 2.29 bits per heavy atom. The summed E-state index contributed by atoms with van der Waals surface area (Å²) in [4.78, 5) is 42.9. The second kappa shape index (κ2) is 11.6. The van der Waals surface area contributed by atoms with Crippen LogP contribution in [0.2, 0.25) is 5.02 Å². The van der Waals surface area contributed by atoms with E-state index in [0.29, 0.717) is 29.2 Å². The van der Waals surface area contributed by atoms with Crippen molar-refractivity contribution in [3.63, 3.8) is 0 Å². The van der Waals surface area contributed by atoms with E-state index < -0.39 is 11.4 Å². The second-order valence-corrected chi connectivity index (χ2v) is 12.0. The van der Waals surface area contributed by atoms with Gasteiger partial charge in [-0.15, -0.1) is 0 Å². The van der Waals surface area contributed by atoms with E-state index in [0.717, 1.165) is 29.8 Å². The number of fused-ring (bicyclic) bond motifs is 1. The number of carbonyl (C=O) groups is 3. The van der Waals surface area contributed by atoms with Gasteiger partial charge in [0.2, 0.25) is 5.91 Å². The predicted octanol–water partition coefficient (Wildman–Crippen LogP) is 6.94. The van der Waals surface area contributed by atoms with Crippen molar-refractivity contribution in [1.82, 2.24) is 0 Å². The third-order valence-electron chi connectivity index (χ3n) is 8.04. The van der Waals surface area contributed by atoms with Gasteiger partial charge in [-0.25, -0.2) is 0 Å². The van der Waals surface area contributed by atoms with Crippen LogP contribution < -0.4 is 14.5 Å². The molecule has 0 radical (unpaired) electrons. The van der Waals surface area contributed by atoms with Crippen molar-refractivity contribution in [3.8, 4) is 5.75 Å². The van der Waals surface area contributed by atoms with E-state index >= 15 is 0 Å². The third-order valence-corrected chi connectivity index (χ3v) is 8.29. The molecule has 0 spiro atoms. The number of nitrogens with zero attached hydrogens (tertiary/aromatic N) is 2. The molecular formula is C33H35ClN2O5. The molecule has 2 amide bonds. The first-order chi connectivity index (χ1) is 19.6. The maximum atomic E-state index is 14.1. The summed E-state index contributed by atoms with van der Waals surface area (Å²) < 4.78 is 5.74. The minimum atomic E-state index is -0.878. The third kappa shape index (κ3) is 6.10. The number of anilines is 2. The van der Waals surface area contributed by atoms with Crippen LogP contribution in [0.3, 0.4) is 0 Å². The van der Waals surface area contributed by atoms with Crippen molar-refractivity contribution in [3.05, 3.63) is 88.9 Å². The van der Waals surface area contributed by atoms with Crippen LogP contribution in [0, 0.1) is 5.41 Å². The molecule has 1 aliphatic heterocycles. The highest BCUT2D eigenvalue weighted by molar-refractivity contribution is 6.30. The van der Waals surface area contributed by atoms with Crippen LogP contribution in [-0.4, -0.2) is 41.6 Å². The van der Waals surface area contributed by atoms with Crippen molar-refractivity contribution in [1.29, 1.82) is 0 Å². The molecule has 3 aromatic rings. The summed E-state index contributed by atoms with van der Waals surface area (Å²) in [6.07, 6.45) is 2.82. The van der Waals surface area contributed by atoms with E-state index in [1.165, 1.54) is 0 Å². The highest BCUT2D eigenvalue weighted by Crippen LogP contribution is 2.43. The molecule has 1 aliphatic carbocycles.